The highest BCUT2D eigenvalue weighted by atomic mass is 35.5. The van der Waals surface area contributed by atoms with Crippen molar-refractivity contribution in [1.82, 2.24) is 19.3 Å². The first-order valence-corrected chi connectivity index (χ1v) is 13.2. The van der Waals surface area contributed by atoms with Crippen LogP contribution in [-0.2, 0) is 16.0 Å². The first kappa shape index (κ1) is 26.8. The summed E-state index contributed by atoms with van der Waals surface area (Å²) < 4.78 is 27.3. The van der Waals surface area contributed by atoms with Crippen molar-refractivity contribution in [3.63, 3.8) is 0 Å². The Hall–Kier alpha value is -3.82. The minimum absolute atomic E-state index is 0.307. The number of halogens is 1. The zero-order valence-corrected chi connectivity index (χ0v) is 23.4. The van der Waals surface area contributed by atoms with E-state index in [0.29, 0.717) is 41.7 Å². The van der Waals surface area contributed by atoms with Crippen LogP contribution in [0.1, 0.15) is 64.2 Å². The van der Waals surface area contributed by atoms with Crippen LogP contribution in [0.3, 0.4) is 0 Å². The van der Waals surface area contributed by atoms with E-state index in [9.17, 15) is 4.79 Å². The maximum atomic E-state index is 12.1. The number of ether oxygens (including phenoxy) is 4. The summed E-state index contributed by atoms with van der Waals surface area (Å²) in [4.78, 5) is 17.1. The number of rotatable bonds is 8. The van der Waals surface area contributed by atoms with E-state index in [2.05, 4.69) is 9.67 Å². The van der Waals surface area contributed by atoms with Gasteiger partial charge in [-0.2, -0.15) is 5.10 Å². The molecule has 5 rings (SSSR count). The van der Waals surface area contributed by atoms with Crippen LogP contribution in [0.25, 0.3) is 5.69 Å². The molecule has 10 heteroatoms. The number of fused-ring (bicyclic) bond motifs is 3. The van der Waals surface area contributed by atoms with E-state index < -0.39 is 18.2 Å². The largest absolute Gasteiger partial charge is 0.493 e. The second kappa shape index (κ2) is 11.1. The van der Waals surface area contributed by atoms with Gasteiger partial charge in [0.2, 0.25) is 0 Å². The van der Waals surface area contributed by atoms with Crippen LogP contribution in [0.5, 0.6) is 11.5 Å². The van der Waals surface area contributed by atoms with Crippen LogP contribution in [0.15, 0.2) is 48.8 Å². The molecule has 2 atom stereocenters. The fraction of sp³-hybridized carbons (Fsp3) is 0.345. The molecule has 0 fully saturated rings. The molecule has 0 N–H and O–H groups in total. The molecule has 3 heterocycles. The second-order valence-corrected chi connectivity index (χ2v) is 9.70. The van der Waals surface area contributed by atoms with Crippen molar-refractivity contribution in [3.05, 3.63) is 87.7 Å². The number of imidazole rings is 1. The first-order chi connectivity index (χ1) is 18.9. The smallest absolute Gasteiger partial charge is 0.341 e. The summed E-state index contributed by atoms with van der Waals surface area (Å²) in [7, 11) is 3.23. The van der Waals surface area contributed by atoms with E-state index in [0.717, 1.165) is 34.0 Å². The number of benzene rings is 2. The molecule has 0 bridgehead atoms. The number of hydrogen-bond donors (Lipinski definition) is 0. The van der Waals surface area contributed by atoms with Crippen molar-refractivity contribution in [2.24, 2.45) is 0 Å². The third kappa shape index (κ3) is 4.99. The van der Waals surface area contributed by atoms with E-state index in [1.807, 2.05) is 50.2 Å². The van der Waals surface area contributed by atoms with Crippen LogP contribution in [0, 0.1) is 13.8 Å². The maximum absolute atomic E-state index is 12.1. The van der Waals surface area contributed by atoms with E-state index in [-0.39, 0.29) is 0 Å². The lowest BCUT2D eigenvalue weighted by atomic mass is 9.98. The number of para-hydroxylation sites is 1. The lowest BCUT2D eigenvalue weighted by Crippen LogP contribution is -2.15. The van der Waals surface area contributed by atoms with Gasteiger partial charge in [-0.15, -0.1) is 0 Å². The van der Waals surface area contributed by atoms with E-state index in [1.165, 1.54) is 6.20 Å². The zero-order valence-electron chi connectivity index (χ0n) is 22.6. The van der Waals surface area contributed by atoms with Gasteiger partial charge in [0.25, 0.3) is 0 Å². The molecule has 0 saturated heterocycles. The molecular weight excluding hydrogens is 520 g/mol. The molecule has 0 radical (unpaired) electrons. The molecule has 0 amide bonds. The van der Waals surface area contributed by atoms with Crippen molar-refractivity contribution in [3.8, 4) is 17.2 Å². The number of esters is 1. The summed E-state index contributed by atoms with van der Waals surface area (Å²) in [6.07, 6.45) is 2.81. The molecule has 0 spiro atoms. The van der Waals surface area contributed by atoms with Crippen LogP contribution in [0.2, 0.25) is 5.02 Å². The Bertz CT molecular complexity index is 1510. The minimum Gasteiger partial charge on any atom is -0.493 e. The normalized spacial score (nSPS) is 16.3. The van der Waals surface area contributed by atoms with Gasteiger partial charge in [0, 0.05) is 41.0 Å². The first-order valence-electron chi connectivity index (χ1n) is 12.8. The lowest BCUT2D eigenvalue weighted by Gasteiger charge is -2.25. The van der Waals surface area contributed by atoms with Crippen LogP contribution < -0.4 is 9.47 Å². The fourth-order valence-corrected chi connectivity index (χ4v) is 5.19. The summed E-state index contributed by atoms with van der Waals surface area (Å²) in [5.41, 5.74) is 4.99. The van der Waals surface area contributed by atoms with Gasteiger partial charge in [0.1, 0.15) is 18.0 Å². The average molecular weight is 551 g/mol. The second-order valence-electron chi connectivity index (χ2n) is 9.27. The average Bonchev–Trinajstić information content (AvgIpc) is 3.49. The molecule has 4 aromatic rings. The third-order valence-electron chi connectivity index (χ3n) is 6.95. The standard InChI is InChI=1S/C29H31ClN4O5/c1-6-38-29(35)19-15-31-33(16-19)13-12-25-28-32-17(2)18(3)34(28)23-11-10-20(30)14-22(23)26(39-25)21-8-7-9-24(36-4)27(21)37-5/h7-11,14-16,25-26H,6,12-13H2,1-5H3/t25-,26-/m1/s1. The Morgan fingerprint density at radius 1 is 1.13 bits per heavy atom. The monoisotopic (exact) mass is 550 g/mol. The highest BCUT2D eigenvalue weighted by Crippen LogP contribution is 2.46. The molecule has 2 aromatic heterocycles. The highest BCUT2D eigenvalue weighted by molar-refractivity contribution is 6.30. The molecule has 1 aliphatic rings. The van der Waals surface area contributed by atoms with Gasteiger partial charge in [-0.25, -0.2) is 9.78 Å². The quantitative estimate of drug-likeness (QED) is 0.257. The number of aromatic nitrogens is 4. The molecule has 0 saturated carbocycles. The number of methoxy groups -OCH3 is 2. The molecule has 39 heavy (non-hydrogen) atoms. The zero-order chi connectivity index (χ0) is 27.7. The minimum atomic E-state index is -0.525. The van der Waals surface area contributed by atoms with Crippen LogP contribution in [0.4, 0.5) is 0 Å². The van der Waals surface area contributed by atoms with Crippen molar-refractivity contribution < 1.29 is 23.7 Å². The molecule has 9 nitrogen and oxygen atoms in total. The van der Waals surface area contributed by atoms with Crippen molar-refractivity contribution in [1.29, 1.82) is 0 Å². The molecule has 0 unspecified atom stereocenters. The van der Waals surface area contributed by atoms with Gasteiger partial charge in [0.05, 0.1) is 44.0 Å². The van der Waals surface area contributed by atoms with Crippen molar-refractivity contribution in [2.45, 2.75) is 45.9 Å². The van der Waals surface area contributed by atoms with Gasteiger partial charge >= 0.3 is 5.97 Å². The summed E-state index contributed by atoms with van der Waals surface area (Å²) in [5.74, 6) is 1.59. The summed E-state index contributed by atoms with van der Waals surface area (Å²) in [5, 5.41) is 4.96. The molecular formula is C29H31ClN4O5. The van der Waals surface area contributed by atoms with E-state index in [1.54, 1.807) is 32.0 Å². The van der Waals surface area contributed by atoms with Crippen molar-refractivity contribution >= 4 is 17.6 Å². The number of carbonyl (C=O) groups is 1. The maximum Gasteiger partial charge on any atom is 0.341 e. The fourth-order valence-electron chi connectivity index (χ4n) is 5.01. The number of carbonyl (C=O) groups excluding carboxylic acids is 1. The van der Waals surface area contributed by atoms with Crippen LogP contribution in [-0.4, -0.2) is 46.1 Å². The lowest BCUT2D eigenvalue weighted by molar-refractivity contribution is -0.00415. The predicted octanol–water partition coefficient (Wildman–Crippen LogP) is 5.78. The number of aryl methyl sites for hydroxylation is 2. The molecule has 0 aliphatic carbocycles. The number of nitrogens with zero attached hydrogens (tertiary/aromatic N) is 4. The molecule has 2 aromatic carbocycles. The Morgan fingerprint density at radius 2 is 1.95 bits per heavy atom. The Kier molecular flexibility index (Phi) is 7.63. The Labute approximate surface area is 232 Å². The Balaban J connectivity index is 1.59. The van der Waals surface area contributed by atoms with Gasteiger partial charge in [-0.3, -0.25) is 9.25 Å². The van der Waals surface area contributed by atoms with E-state index >= 15 is 0 Å². The molecule has 1 aliphatic heterocycles. The third-order valence-corrected chi connectivity index (χ3v) is 7.19. The SMILES string of the molecule is CCOC(=O)c1cnn(CC[C@H]2O[C@H](c3cccc(OC)c3OC)c3cc(Cl)ccc3-n3c2nc(C)c3C)c1. The van der Waals surface area contributed by atoms with Gasteiger partial charge in [-0.05, 0) is 45.0 Å². The van der Waals surface area contributed by atoms with Gasteiger partial charge in [0.15, 0.2) is 11.5 Å². The summed E-state index contributed by atoms with van der Waals surface area (Å²) >= 11 is 6.53. The highest BCUT2D eigenvalue weighted by Gasteiger charge is 2.35. The topological polar surface area (TPSA) is 89.6 Å². The van der Waals surface area contributed by atoms with Gasteiger partial charge in [-0.1, -0.05) is 23.7 Å². The van der Waals surface area contributed by atoms with Crippen molar-refractivity contribution in [2.75, 3.05) is 20.8 Å². The number of hydrogen-bond acceptors (Lipinski definition) is 7. The van der Waals surface area contributed by atoms with Crippen LogP contribution >= 0.6 is 11.6 Å². The van der Waals surface area contributed by atoms with E-state index in [4.69, 9.17) is 35.5 Å². The molecule has 204 valence electrons. The summed E-state index contributed by atoms with van der Waals surface area (Å²) in [6.45, 7) is 6.62. The van der Waals surface area contributed by atoms with Gasteiger partial charge < -0.3 is 18.9 Å². The Morgan fingerprint density at radius 3 is 2.69 bits per heavy atom. The predicted molar refractivity (Wildman–Crippen MR) is 146 cm³/mol. The summed E-state index contributed by atoms with van der Waals surface area (Å²) in [6, 6.07) is 11.5.